The van der Waals surface area contributed by atoms with E-state index >= 15 is 0 Å². The lowest BCUT2D eigenvalue weighted by atomic mass is 9.44. The van der Waals surface area contributed by atoms with Gasteiger partial charge in [-0.05, 0) is 99.5 Å². The number of pyridine rings is 1. The summed E-state index contributed by atoms with van der Waals surface area (Å²) >= 11 is 0. The summed E-state index contributed by atoms with van der Waals surface area (Å²) in [5.41, 5.74) is 4.27. The molecule has 3 aliphatic heterocycles. The average molecular weight is 650 g/mol. The fourth-order valence-electron chi connectivity index (χ4n) is 8.70. The van der Waals surface area contributed by atoms with E-state index in [1.165, 1.54) is 5.57 Å². The fourth-order valence-corrected chi connectivity index (χ4v) is 11.2. The van der Waals surface area contributed by atoms with E-state index in [1.807, 2.05) is 12.3 Å². The number of rotatable bonds is 5. The largest absolute Gasteiger partial charge is 0.427 e. The van der Waals surface area contributed by atoms with Gasteiger partial charge in [0.2, 0.25) is 0 Å². The molecule has 0 aromatic carbocycles. The maximum atomic E-state index is 14.1. The third kappa shape index (κ3) is 5.39. The summed E-state index contributed by atoms with van der Waals surface area (Å²) in [5, 5.41) is 17.1. The maximum Gasteiger partial charge on any atom is 0.340 e. The molecule has 1 saturated carbocycles. The number of ether oxygens (including phenoxy) is 2. The molecule has 45 heavy (non-hydrogen) atoms. The number of carbonyl (C=O) groups excluding carboxylic acids is 2. The Morgan fingerprint density at radius 2 is 2.13 bits per heavy atom. The highest BCUT2D eigenvalue weighted by Gasteiger charge is 2.68. The van der Waals surface area contributed by atoms with Gasteiger partial charge >= 0.3 is 11.9 Å². The number of aliphatic hydroxyl groups excluding tert-OH is 1. The third-order valence-corrected chi connectivity index (χ3v) is 13.2. The Hall–Kier alpha value is -2.53. The van der Waals surface area contributed by atoms with Crippen LogP contribution in [0.1, 0.15) is 71.3 Å². The molecule has 7 atom stereocenters. The molecule has 0 radical (unpaired) electrons. The Morgan fingerprint density at radius 1 is 1.27 bits per heavy atom. The molecule has 8 rings (SSSR count). The van der Waals surface area contributed by atoms with Crippen LogP contribution in [0.3, 0.4) is 0 Å². The summed E-state index contributed by atoms with van der Waals surface area (Å²) in [4.78, 5) is 32.4. The van der Waals surface area contributed by atoms with E-state index in [9.17, 15) is 14.7 Å². The Bertz CT molecular complexity index is 1520. The molecule has 3 N–H and O–H groups in total. The molecule has 1 aromatic heterocycles. The van der Waals surface area contributed by atoms with Gasteiger partial charge < -0.3 is 25.2 Å². The first-order valence-corrected chi connectivity index (χ1v) is 18.9. The van der Waals surface area contributed by atoms with Crippen LogP contribution in [0, 0.1) is 29.1 Å². The summed E-state index contributed by atoms with van der Waals surface area (Å²) in [5.74, 6) is 2.99. The molecule has 0 amide bonds. The van der Waals surface area contributed by atoms with Gasteiger partial charge in [0, 0.05) is 29.8 Å². The molecule has 2 fully saturated rings. The Morgan fingerprint density at radius 3 is 2.96 bits per heavy atom. The highest BCUT2D eigenvalue weighted by molar-refractivity contribution is 8.76. The average Bonchev–Trinajstić information content (AvgIpc) is 3.51. The van der Waals surface area contributed by atoms with Crippen molar-refractivity contribution >= 4 is 39.3 Å². The van der Waals surface area contributed by atoms with Crippen molar-refractivity contribution in [2.45, 2.75) is 83.6 Å². The Balaban J connectivity index is 1.37. The van der Waals surface area contributed by atoms with Gasteiger partial charge in [0.1, 0.15) is 17.3 Å². The predicted molar refractivity (Wildman–Crippen MR) is 178 cm³/mol. The van der Waals surface area contributed by atoms with Crippen molar-refractivity contribution in [3.63, 3.8) is 0 Å². The number of unbranched alkanes of at least 4 members (excludes halogenated alkanes) is 1. The van der Waals surface area contributed by atoms with E-state index in [1.54, 1.807) is 28.5 Å². The number of hydrogen-bond acceptors (Lipinski definition) is 10. The number of aliphatic hydroxyl groups is 1. The Kier molecular flexibility index (Phi) is 8.69. The van der Waals surface area contributed by atoms with Gasteiger partial charge in [-0.15, -0.1) is 0 Å². The number of fused-ring (bicyclic) bond motifs is 3. The molecule has 7 aliphatic rings. The van der Waals surface area contributed by atoms with Crippen LogP contribution in [0.2, 0.25) is 0 Å². The molecule has 0 unspecified atom stereocenters. The molecule has 10 heteroatoms. The van der Waals surface area contributed by atoms with Gasteiger partial charge in [-0.2, -0.15) is 0 Å². The maximum absolute atomic E-state index is 14.1. The van der Waals surface area contributed by atoms with Gasteiger partial charge in [-0.1, -0.05) is 47.4 Å². The fraction of sp³-hybridized carbons (Fsp3) is 0.571. The first kappa shape index (κ1) is 31.1. The van der Waals surface area contributed by atoms with Gasteiger partial charge in [0.05, 0.1) is 28.3 Å². The lowest BCUT2D eigenvalue weighted by Gasteiger charge is -2.56. The first-order chi connectivity index (χ1) is 21.8. The van der Waals surface area contributed by atoms with Crippen LogP contribution < -0.4 is 10.6 Å². The minimum Gasteiger partial charge on any atom is -0.427 e. The van der Waals surface area contributed by atoms with E-state index < -0.39 is 11.5 Å². The number of cyclic esters (lactones) is 1. The monoisotopic (exact) mass is 649 g/mol. The number of hydrogen-bond donors (Lipinski definition) is 3. The third-order valence-electron chi connectivity index (χ3n) is 10.6. The number of nitrogens with one attached hydrogen (secondary N) is 2. The molecule has 7 bridgehead atoms. The zero-order valence-corrected chi connectivity index (χ0v) is 27.9. The minimum absolute atomic E-state index is 0.0607. The normalized spacial score (nSPS) is 34.2. The van der Waals surface area contributed by atoms with Crippen LogP contribution in [0.4, 0.5) is 5.82 Å². The van der Waals surface area contributed by atoms with Gasteiger partial charge in [-0.25, -0.2) is 14.6 Å². The summed E-state index contributed by atoms with van der Waals surface area (Å²) < 4.78 is 12.3. The minimum atomic E-state index is -0.665. The van der Waals surface area contributed by atoms with Crippen molar-refractivity contribution < 1.29 is 24.2 Å². The van der Waals surface area contributed by atoms with E-state index in [0.29, 0.717) is 25.3 Å². The van der Waals surface area contributed by atoms with Crippen molar-refractivity contribution in [2.75, 3.05) is 17.7 Å². The predicted octanol–water partition coefficient (Wildman–Crippen LogP) is 6.42. The molecule has 1 saturated heterocycles. The molecule has 1 spiro atoms. The lowest BCUT2D eigenvalue weighted by Crippen LogP contribution is -2.52. The van der Waals surface area contributed by atoms with Crippen molar-refractivity contribution in [3.05, 3.63) is 69.9 Å². The Labute approximate surface area is 273 Å². The highest BCUT2D eigenvalue weighted by atomic mass is 33.1. The smallest absolute Gasteiger partial charge is 0.340 e. The van der Waals surface area contributed by atoms with Crippen LogP contribution in [-0.2, 0) is 25.5 Å². The van der Waals surface area contributed by atoms with Gasteiger partial charge in [0.25, 0.3) is 0 Å². The van der Waals surface area contributed by atoms with Crippen molar-refractivity contribution in [3.8, 4) is 0 Å². The van der Waals surface area contributed by atoms with E-state index in [2.05, 4.69) is 47.7 Å². The van der Waals surface area contributed by atoms with E-state index in [-0.39, 0.29) is 41.0 Å². The quantitative estimate of drug-likeness (QED) is 0.244. The number of anilines is 1. The molecular weight excluding hydrogens is 607 g/mol. The van der Waals surface area contributed by atoms with Crippen LogP contribution in [-0.4, -0.2) is 45.9 Å². The first-order valence-electron chi connectivity index (χ1n) is 16.5. The zero-order chi connectivity index (χ0) is 31.3. The molecule has 1 aromatic rings. The van der Waals surface area contributed by atoms with Crippen molar-refractivity contribution in [1.82, 2.24) is 10.3 Å². The van der Waals surface area contributed by atoms with Crippen LogP contribution in [0.25, 0.3) is 0 Å². The summed E-state index contributed by atoms with van der Waals surface area (Å²) in [6, 6.07) is 4.14. The van der Waals surface area contributed by atoms with E-state index in [0.717, 1.165) is 78.1 Å². The topological polar surface area (TPSA) is 110 Å². The SMILES string of the molecule is CCCC=C1OC(=O)C2=C1CC[C@@H]1[C@@H]2[C@]23CC[C@H]1C1=C2C(=O)OC3=CC[C@@H](C)[C@@H](NC[C@H](C)O)SSCNc2cc(ccn2)C1. The second kappa shape index (κ2) is 12.6. The van der Waals surface area contributed by atoms with Crippen LogP contribution in [0.15, 0.2) is 64.3 Å². The molecular formula is C35H43N3O5S2. The number of esters is 2. The van der Waals surface area contributed by atoms with Gasteiger partial charge in [-0.3, -0.25) is 0 Å². The molecule has 4 aliphatic carbocycles. The van der Waals surface area contributed by atoms with Gasteiger partial charge in [0.15, 0.2) is 0 Å². The van der Waals surface area contributed by atoms with Crippen LogP contribution in [0.5, 0.6) is 0 Å². The lowest BCUT2D eigenvalue weighted by molar-refractivity contribution is -0.135. The summed E-state index contributed by atoms with van der Waals surface area (Å²) in [6.45, 7) is 6.60. The second-order valence-electron chi connectivity index (χ2n) is 13.4. The standard InChI is InChI=1S/C35H43N3O5S2/c1-4-5-6-26-24-9-8-23-22-11-13-35(30(23)29(24)33(40)42-26)27-10-7-19(2)32(37-17-20(3)39)45-44-18-38-28-16-21(12-14-36-28)15-25(22)31(35)34(41)43-27/h6,10,12,14,16,19-20,22-23,30,32,37,39H,4-5,7-9,11,13,15,17-18H2,1-3H3,(H,36,38)/t19-,20+,22-,23+,30+,32+,35-/m1/s1. The second-order valence-corrected chi connectivity index (χ2v) is 16.0. The van der Waals surface area contributed by atoms with Crippen molar-refractivity contribution in [2.24, 2.45) is 29.1 Å². The molecule has 240 valence electrons. The van der Waals surface area contributed by atoms with Crippen molar-refractivity contribution in [1.29, 1.82) is 0 Å². The summed E-state index contributed by atoms with van der Waals surface area (Å²) in [6.07, 6.45) is 12.4. The number of carbonyl (C=O) groups is 2. The highest BCUT2D eigenvalue weighted by Crippen LogP contribution is 2.70. The molecule has 8 nitrogen and oxygen atoms in total. The molecule has 4 heterocycles. The number of aromatic nitrogens is 1. The summed E-state index contributed by atoms with van der Waals surface area (Å²) in [7, 11) is 3.46. The van der Waals surface area contributed by atoms with E-state index in [4.69, 9.17) is 9.47 Å². The number of allylic oxidation sites excluding steroid dienone is 5. The number of nitrogens with zero attached hydrogens (tertiary/aromatic N) is 1. The zero-order valence-electron chi connectivity index (χ0n) is 26.3. The van der Waals surface area contributed by atoms with Crippen LogP contribution >= 0.6 is 21.6 Å².